The van der Waals surface area contributed by atoms with E-state index >= 15 is 0 Å². The van der Waals surface area contributed by atoms with Gasteiger partial charge >= 0.3 is 0 Å². The summed E-state index contributed by atoms with van der Waals surface area (Å²) in [6.07, 6.45) is 1.70. The van der Waals surface area contributed by atoms with Gasteiger partial charge in [0.2, 0.25) is 0 Å². The quantitative estimate of drug-likeness (QED) is 0.675. The van der Waals surface area contributed by atoms with Crippen molar-refractivity contribution in [3.63, 3.8) is 0 Å². The molecule has 0 N–H and O–H groups in total. The normalized spacial score (nSPS) is 10.7. The van der Waals surface area contributed by atoms with Crippen LogP contribution in [0.5, 0.6) is 0 Å². The first kappa shape index (κ1) is 15.6. The summed E-state index contributed by atoms with van der Waals surface area (Å²) in [5.41, 5.74) is 1.70. The average Bonchev–Trinajstić information content (AvgIpc) is 3.03. The van der Waals surface area contributed by atoms with E-state index in [2.05, 4.69) is 4.98 Å². The monoisotopic (exact) mass is 344 g/mol. The first-order valence-corrected chi connectivity index (χ1v) is 8.21. The van der Waals surface area contributed by atoms with Gasteiger partial charge < -0.3 is 4.57 Å². The lowest BCUT2D eigenvalue weighted by molar-refractivity contribution is 0.101. The Kier molecular flexibility index (Phi) is 4.41. The van der Waals surface area contributed by atoms with E-state index < -0.39 is 0 Å². The van der Waals surface area contributed by atoms with Crippen LogP contribution in [0.15, 0.2) is 52.8 Å². The SMILES string of the molecule is CC(=O)c1ccc(=O)n(Cc2nccs2)c1-c1ccc(Cl)cc1. The van der Waals surface area contributed by atoms with Crippen molar-refractivity contribution in [2.45, 2.75) is 13.5 Å². The molecule has 0 saturated heterocycles. The van der Waals surface area contributed by atoms with Gasteiger partial charge in [-0.2, -0.15) is 0 Å². The second-order valence-electron chi connectivity index (χ2n) is 5.01. The fourth-order valence-electron chi connectivity index (χ4n) is 2.41. The first-order chi connectivity index (χ1) is 11.1. The van der Waals surface area contributed by atoms with Crippen molar-refractivity contribution in [1.82, 2.24) is 9.55 Å². The smallest absolute Gasteiger partial charge is 0.251 e. The van der Waals surface area contributed by atoms with Crippen molar-refractivity contribution < 1.29 is 4.79 Å². The van der Waals surface area contributed by atoms with Gasteiger partial charge in [-0.15, -0.1) is 11.3 Å². The van der Waals surface area contributed by atoms with Gasteiger partial charge in [0, 0.05) is 28.2 Å². The predicted octanol–water partition coefficient (Wildman–Crippen LogP) is 3.88. The predicted molar refractivity (Wildman–Crippen MR) is 92.4 cm³/mol. The highest BCUT2D eigenvalue weighted by Crippen LogP contribution is 2.25. The molecule has 116 valence electrons. The van der Waals surface area contributed by atoms with Crippen LogP contribution in [0.2, 0.25) is 5.02 Å². The number of rotatable bonds is 4. The molecule has 0 bridgehead atoms. The van der Waals surface area contributed by atoms with Crippen LogP contribution >= 0.6 is 22.9 Å². The maximum Gasteiger partial charge on any atom is 0.251 e. The Balaban J connectivity index is 2.24. The number of carbonyl (C=O) groups excluding carboxylic acids is 1. The lowest BCUT2D eigenvalue weighted by Crippen LogP contribution is -2.23. The zero-order valence-electron chi connectivity index (χ0n) is 12.3. The van der Waals surface area contributed by atoms with E-state index in [0.717, 1.165) is 10.6 Å². The summed E-state index contributed by atoms with van der Waals surface area (Å²) in [6, 6.07) is 10.1. The fourth-order valence-corrected chi connectivity index (χ4v) is 3.14. The number of halogens is 1. The maximum atomic E-state index is 12.4. The summed E-state index contributed by atoms with van der Waals surface area (Å²) in [5, 5.41) is 3.27. The van der Waals surface area contributed by atoms with Crippen LogP contribution in [0.3, 0.4) is 0 Å². The molecule has 3 aromatic rings. The summed E-state index contributed by atoms with van der Waals surface area (Å²) in [6.45, 7) is 1.82. The van der Waals surface area contributed by atoms with Gasteiger partial charge in [-0.3, -0.25) is 9.59 Å². The number of pyridine rings is 1. The second kappa shape index (κ2) is 6.48. The largest absolute Gasteiger partial charge is 0.301 e. The number of ketones is 1. The molecule has 6 heteroatoms. The molecular weight excluding hydrogens is 332 g/mol. The molecule has 0 atom stereocenters. The Morgan fingerprint density at radius 1 is 1.22 bits per heavy atom. The van der Waals surface area contributed by atoms with Crippen molar-refractivity contribution >= 4 is 28.7 Å². The average molecular weight is 345 g/mol. The van der Waals surface area contributed by atoms with E-state index in [4.69, 9.17) is 11.6 Å². The van der Waals surface area contributed by atoms with E-state index in [1.165, 1.54) is 24.3 Å². The molecule has 23 heavy (non-hydrogen) atoms. The standard InChI is InChI=1S/C17H13ClN2O2S/c1-11(21)14-6-7-16(22)20(10-15-19-8-9-23-15)17(14)12-2-4-13(18)5-3-12/h2-9H,10H2,1H3. The number of nitrogens with zero attached hydrogens (tertiary/aromatic N) is 2. The van der Waals surface area contributed by atoms with E-state index in [1.807, 2.05) is 17.5 Å². The number of hydrogen-bond acceptors (Lipinski definition) is 4. The van der Waals surface area contributed by atoms with Crippen LogP contribution in [0, 0.1) is 0 Å². The molecule has 0 radical (unpaired) electrons. The number of carbonyl (C=O) groups is 1. The van der Waals surface area contributed by atoms with Crippen LogP contribution in [0.4, 0.5) is 0 Å². The lowest BCUT2D eigenvalue weighted by atomic mass is 10.0. The van der Waals surface area contributed by atoms with Crippen LogP contribution in [0.25, 0.3) is 11.3 Å². The highest BCUT2D eigenvalue weighted by Gasteiger charge is 2.16. The zero-order chi connectivity index (χ0) is 16.4. The number of Topliss-reactive ketones (excluding diaryl/α,β-unsaturated/α-hetero) is 1. The van der Waals surface area contributed by atoms with Crippen molar-refractivity contribution in [2.24, 2.45) is 0 Å². The molecule has 1 aromatic carbocycles. The lowest BCUT2D eigenvalue weighted by Gasteiger charge is -2.15. The van der Waals surface area contributed by atoms with E-state index in [1.54, 1.807) is 29.0 Å². The van der Waals surface area contributed by atoms with E-state index in [-0.39, 0.29) is 11.3 Å². The Labute approximate surface area is 142 Å². The van der Waals surface area contributed by atoms with Gasteiger partial charge in [0.05, 0.1) is 12.2 Å². The number of aromatic nitrogens is 2. The minimum absolute atomic E-state index is 0.0946. The Morgan fingerprint density at radius 3 is 2.57 bits per heavy atom. The molecule has 0 aliphatic carbocycles. The van der Waals surface area contributed by atoms with Crippen LogP contribution in [-0.2, 0) is 6.54 Å². The number of hydrogen-bond donors (Lipinski definition) is 0. The second-order valence-corrected chi connectivity index (χ2v) is 6.42. The van der Waals surface area contributed by atoms with E-state index in [9.17, 15) is 9.59 Å². The Hall–Kier alpha value is -2.24. The molecule has 0 aliphatic heterocycles. The molecule has 2 aromatic heterocycles. The van der Waals surface area contributed by atoms with Crippen molar-refractivity contribution in [3.8, 4) is 11.3 Å². The first-order valence-electron chi connectivity index (χ1n) is 6.95. The third kappa shape index (κ3) is 3.25. The molecular formula is C17H13ClN2O2S. The third-order valence-corrected chi connectivity index (χ3v) is 4.47. The van der Waals surface area contributed by atoms with Gasteiger partial charge in [-0.05, 0) is 30.7 Å². The Bertz CT molecular complexity index is 899. The Morgan fingerprint density at radius 2 is 1.96 bits per heavy atom. The van der Waals surface area contributed by atoms with Crippen molar-refractivity contribution in [1.29, 1.82) is 0 Å². The maximum absolute atomic E-state index is 12.4. The zero-order valence-corrected chi connectivity index (χ0v) is 13.9. The molecule has 2 heterocycles. The summed E-state index contributed by atoms with van der Waals surface area (Å²) in [5.74, 6) is -0.0946. The van der Waals surface area contributed by atoms with Crippen molar-refractivity contribution in [3.05, 3.63) is 73.9 Å². The van der Waals surface area contributed by atoms with Crippen molar-refractivity contribution in [2.75, 3.05) is 0 Å². The number of benzene rings is 1. The van der Waals surface area contributed by atoms with Gasteiger partial charge in [-0.1, -0.05) is 23.7 Å². The molecule has 0 saturated carbocycles. The highest BCUT2D eigenvalue weighted by atomic mass is 35.5. The molecule has 3 rings (SSSR count). The van der Waals surface area contributed by atoms with Crippen LogP contribution in [-0.4, -0.2) is 15.3 Å². The topological polar surface area (TPSA) is 52.0 Å². The summed E-state index contributed by atoms with van der Waals surface area (Å²) >= 11 is 7.41. The molecule has 0 unspecified atom stereocenters. The molecule has 0 fully saturated rings. The van der Waals surface area contributed by atoms with Crippen LogP contribution < -0.4 is 5.56 Å². The fraction of sp³-hybridized carbons (Fsp3) is 0.118. The summed E-state index contributed by atoms with van der Waals surface area (Å²) in [4.78, 5) is 28.6. The van der Waals surface area contributed by atoms with Gasteiger partial charge in [-0.25, -0.2) is 4.98 Å². The van der Waals surface area contributed by atoms with Crippen LogP contribution in [0.1, 0.15) is 22.3 Å². The molecule has 0 amide bonds. The number of thiazole rings is 1. The third-order valence-electron chi connectivity index (χ3n) is 3.46. The van der Waals surface area contributed by atoms with Gasteiger partial charge in [0.1, 0.15) is 5.01 Å². The molecule has 0 spiro atoms. The highest BCUT2D eigenvalue weighted by molar-refractivity contribution is 7.09. The summed E-state index contributed by atoms with van der Waals surface area (Å²) < 4.78 is 1.58. The van der Waals surface area contributed by atoms with Gasteiger partial charge in [0.15, 0.2) is 5.78 Å². The molecule has 0 aliphatic rings. The molecule has 4 nitrogen and oxygen atoms in total. The minimum Gasteiger partial charge on any atom is -0.301 e. The van der Waals surface area contributed by atoms with E-state index in [0.29, 0.717) is 22.8 Å². The summed E-state index contributed by atoms with van der Waals surface area (Å²) in [7, 11) is 0. The van der Waals surface area contributed by atoms with Gasteiger partial charge in [0.25, 0.3) is 5.56 Å². The minimum atomic E-state index is -0.171.